The number of carbonyl (C=O) groups excluding carboxylic acids is 1. The molecule has 0 unspecified atom stereocenters. The molecule has 1 aromatic carbocycles. The highest BCUT2D eigenvalue weighted by molar-refractivity contribution is 6.92. The highest BCUT2D eigenvalue weighted by atomic mass is 28.3. The third-order valence-electron chi connectivity index (χ3n) is 6.34. The SMILES string of the molecule is CCCCC[Si]1(c2ccccc2)CCC2(C=CC(=O)CC2)CC1. The highest BCUT2D eigenvalue weighted by Crippen LogP contribution is 2.48. The molecular formula is C21H30OSi. The van der Waals surface area contributed by atoms with Crippen LogP contribution in [0, 0.1) is 5.41 Å². The Labute approximate surface area is 142 Å². The van der Waals surface area contributed by atoms with Crippen molar-refractivity contribution in [3.63, 3.8) is 0 Å². The van der Waals surface area contributed by atoms with Crippen molar-refractivity contribution in [3.05, 3.63) is 42.5 Å². The van der Waals surface area contributed by atoms with Gasteiger partial charge in [0, 0.05) is 6.42 Å². The van der Waals surface area contributed by atoms with E-state index in [1.165, 1.54) is 50.2 Å². The monoisotopic (exact) mass is 326 g/mol. The molecule has 0 radical (unpaired) electrons. The molecule has 1 nitrogen and oxygen atoms in total. The molecule has 124 valence electrons. The van der Waals surface area contributed by atoms with Gasteiger partial charge in [0.25, 0.3) is 0 Å². The third-order valence-corrected chi connectivity index (χ3v) is 11.6. The van der Waals surface area contributed by atoms with E-state index in [-0.39, 0.29) is 0 Å². The van der Waals surface area contributed by atoms with Crippen LogP contribution in [0.4, 0.5) is 0 Å². The van der Waals surface area contributed by atoms with Crippen molar-refractivity contribution in [2.75, 3.05) is 0 Å². The van der Waals surface area contributed by atoms with Crippen molar-refractivity contribution in [1.29, 1.82) is 0 Å². The molecular weight excluding hydrogens is 296 g/mol. The third kappa shape index (κ3) is 3.68. The van der Waals surface area contributed by atoms with Crippen molar-refractivity contribution >= 4 is 19.0 Å². The Hall–Kier alpha value is -1.15. The summed E-state index contributed by atoms with van der Waals surface area (Å²) >= 11 is 0. The molecule has 2 aliphatic rings. The number of benzene rings is 1. The minimum absolute atomic E-state index is 0.329. The van der Waals surface area contributed by atoms with Crippen LogP contribution in [0.3, 0.4) is 0 Å². The lowest BCUT2D eigenvalue weighted by molar-refractivity contribution is -0.115. The predicted molar refractivity (Wildman–Crippen MR) is 101 cm³/mol. The normalized spacial score (nSPS) is 30.7. The van der Waals surface area contributed by atoms with Crippen molar-refractivity contribution in [2.24, 2.45) is 5.41 Å². The average molecular weight is 327 g/mol. The molecule has 3 rings (SSSR count). The molecule has 1 heterocycles. The van der Waals surface area contributed by atoms with Crippen LogP contribution in [0.2, 0.25) is 18.1 Å². The van der Waals surface area contributed by atoms with Gasteiger partial charge >= 0.3 is 0 Å². The second-order valence-corrected chi connectivity index (χ2v) is 12.4. The summed E-state index contributed by atoms with van der Waals surface area (Å²) in [6.07, 6.45) is 12.7. The summed E-state index contributed by atoms with van der Waals surface area (Å²) in [5.41, 5.74) is 0.351. The van der Waals surface area contributed by atoms with Gasteiger partial charge in [-0.25, -0.2) is 0 Å². The van der Waals surface area contributed by atoms with Crippen LogP contribution in [-0.4, -0.2) is 13.9 Å². The van der Waals surface area contributed by atoms with Gasteiger partial charge in [-0.15, -0.1) is 0 Å². The maximum absolute atomic E-state index is 11.5. The van der Waals surface area contributed by atoms with E-state index < -0.39 is 8.07 Å². The van der Waals surface area contributed by atoms with Crippen LogP contribution in [0.25, 0.3) is 0 Å². The first-order valence-corrected chi connectivity index (χ1v) is 12.1. The van der Waals surface area contributed by atoms with Gasteiger partial charge in [-0.05, 0) is 30.8 Å². The average Bonchev–Trinajstić information content (AvgIpc) is 2.61. The van der Waals surface area contributed by atoms with Gasteiger partial charge in [0.1, 0.15) is 0 Å². The molecule has 23 heavy (non-hydrogen) atoms. The number of rotatable bonds is 5. The molecule has 1 fully saturated rings. The van der Waals surface area contributed by atoms with Gasteiger partial charge in [-0.1, -0.05) is 85.9 Å². The Kier molecular flexibility index (Phi) is 5.20. The van der Waals surface area contributed by atoms with Crippen LogP contribution in [0.15, 0.2) is 42.5 Å². The Balaban J connectivity index is 1.77. The van der Waals surface area contributed by atoms with E-state index in [4.69, 9.17) is 0 Å². The van der Waals surface area contributed by atoms with Crippen LogP contribution in [0.1, 0.15) is 51.9 Å². The van der Waals surface area contributed by atoms with Crippen molar-refractivity contribution in [3.8, 4) is 0 Å². The Morgan fingerprint density at radius 3 is 2.39 bits per heavy atom. The van der Waals surface area contributed by atoms with Crippen LogP contribution < -0.4 is 5.19 Å². The number of hydrogen-bond donors (Lipinski definition) is 0. The highest BCUT2D eigenvalue weighted by Gasteiger charge is 2.44. The topological polar surface area (TPSA) is 17.1 Å². The summed E-state index contributed by atoms with van der Waals surface area (Å²) in [6.45, 7) is 2.30. The van der Waals surface area contributed by atoms with E-state index in [1.54, 1.807) is 5.19 Å². The second-order valence-electron chi connectivity index (χ2n) is 7.77. The van der Waals surface area contributed by atoms with Crippen molar-refractivity contribution in [1.82, 2.24) is 0 Å². The van der Waals surface area contributed by atoms with Gasteiger partial charge < -0.3 is 0 Å². The standard InChI is InChI=1S/C21H30OSi/c1-2-3-7-16-23(20-8-5-4-6-9-20)17-14-21(15-18-23)12-10-19(22)11-13-21/h4-6,8-10,12H,2-3,7,11,13-18H2,1H3. The number of hydrogen-bond acceptors (Lipinski definition) is 1. The molecule has 0 saturated carbocycles. The van der Waals surface area contributed by atoms with Gasteiger partial charge in [0.05, 0.1) is 8.07 Å². The lowest BCUT2D eigenvalue weighted by atomic mass is 9.74. The molecule has 1 aliphatic heterocycles. The zero-order chi connectivity index (χ0) is 16.2. The largest absolute Gasteiger partial charge is 0.295 e. The Bertz CT molecular complexity index is 552. The molecule has 1 spiro atoms. The van der Waals surface area contributed by atoms with Crippen LogP contribution in [-0.2, 0) is 4.79 Å². The maximum Gasteiger partial charge on any atom is 0.155 e. The molecule has 0 bridgehead atoms. The van der Waals surface area contributed by atoms with E-state index in [0.717, 1.165) is 12.8 Å². The number of unbranched alkanes of at least 4 members (excludes halogenated alkanes) is 2. The van der Waals surface area contributed by atoms with Crippen LogP contribution in [0.5, 0.6) is 0 Å². The Morgan fingerprint density at radius 2 is 1.78 bits per heavy atom. The smallest absolute Gasteiger partial charge is 0.155 e. The molecule has 0 N–H and O–H groups in total. The predicted octanol–water partition coefficient (Wildman–Crippen LogP) is 5.23. The summed E-state index contributed by atoms with van der Waals surface area (Å²) in [4.78, 5) is 11.5. The number of ketones is 1. The first kappa shape index (κ1) is 16.7. The lowest BCUT2D eigenvalue weighted by Gasteiger charge is -2.45. The van der Waals surface area contributed by atoms with Crippen molar-refractivity contribution < 1.29 is 4.79 Å². The van der Waals surface area contributed by atoms with E-state index >= 15 is 0 Å². The van der Waals surface area contributed by atoms with E-state index in [1.807, 2.05) is 6.08 Å². The Morgan fingerprint density at radius 1 is 1.04 bits per heavy atom. The molecule has 0 atom stereocenters. The zero-order valence-electron chi connectivity index (χ0n) is 14.5. The van der Waals surface area contributed by atoms with Gasteiger partial charge in [0.15, 0.2) is 5.78 Å². The van der Waals surface area contributed by atoms with Crippen LogP contribution >= 0.6 is 0 Å². The number of carbonyl (C=O) groups is 1. The minimum Gasteiger partial charge on any atom is -0.295 e. The van der Waals surface area contributed by atoms with E-state index in [2.05, 4.69) is 43.3 Å². The first-order chi connectivity index (χ1) is 11.2. The van der Waals surface area contributed by atoms with Gasteiger partial charge in [-0.2, -0.15) is 0 Å². The molecule has 1 aliphatic carbocycles. The zero-order valence-corrected chi connectivity index (χ0v) is 15.5. The fourth-order valence-corrected chi connectivity index (χ4v) is 10.0. The maximum atomic E-state index is 11.5. The fraction of sp³-hybridized carbons (Fsp3) is 0.571. The molecule has 1 aromatic rings. The summed E-state index contributed by atoms with van der Waals surface area (Å²) < 4.78 is 0. The van der Waals surface area contributed by atoms with Crippen molar-refractivity contribution in [2.45, 2.75) is 70.0 Å². The summed E-state index contributed by atoms with van der Waals surface area (Å²) in [5, 5.41) is 1.68. The van der Waals surface area contributed by atoms with E-state index in [0.29, 0.717) is 11.2 Å². The van der Waals surface area contributed by atoms with Gasteiger partial charge in [-0.3, -0.25) is 4.79 Å². The molecule has 0 aromatic heterocycles. The second kappa shape index (κ2) is 7.17. The molecule has 2 heteroatoms. The summed E-state index contributed by atoms with van der Waals surface area (Å²) in [5.74, 6) is 0.329. The van der Waals surface area contributed by atoms with Gasteiger partial charge in [0.2, 0.25) is 0 Å². The number of allylic oxidation sites excluding steroid dienone is 2. The molecule has 1 saturated heterocycles. The summed E-state index contributed by atoms with van der Waals surface area (Å²) in [7, 11) is -1.34. The van der Waals surface area contributed by atoms with E-state index in [9.17, 15) is 4.79 Å². The first-order valence-electron chi connectivity index (χ1n) is 9.46. The minimum atomic E-state index is -1.34. The summed E-state index contributed by atoms with van der Waals surface area (Å²) in [6, 6.07) is 15.7. The fourth-order valence-electron chi connectivity index (χ4n) is 4.64. The molecule has 0 amide bonds. The quantitative estimate of drug-likeness (QED) is 0.535. The lowest BCUT2D eigenvalue weighted by Crippen LogP contribution is -2.51.